The molecule has 0 unspecified atom stereocenters. The Hall–Kier alpha value is -3.68. The summed E-state index contributed by atoms with van der Waals surface area (Å²) in [7, 11) is 0. The molecule has 0 bridgehead atoms. The normalized spacial score (nSPS) is 12.5. The summed E-state index contributed by atoms with van der Waals surface area (Å²) in [4.78, 5) is 0.702. The van der Waals surface area contributed by atoms with Gasteiger partial charge in [-0.15, -0.1) is 10.2 Å². The van der Waals surface area contributed by atoms with Crippen LogP contribution in [-0.2, 0) is 6.54 Å². The van der Waals surface area contributed by atoms with E-state index in [-0.39, 0.29) is 0 Å². The van der Waals surface area contributed by atoms with Gasteiger partial charge in [0.1, 0.15) is 4.99 Å². The highest BCUT2D eigenvalue weighted by molar-refractivity contribution is 7.99. The van der Waals surface area contributed by atoms with Gasteiger partial charge in [0.25, 0.3) is 0 Å². The average Bonchev–Trinajstić information content (AvgIpc) is 3.29. The fourth-order valence-electron chi connectivity index (χ4n) is 4.03. The van der Waals surface area contributed by atoms with Crippen LogP contribution in [0.5, 0.6) is 0 Å². The highest BCUT2D eigenvalue weighted by Crippen LogP contribution is 2.28. The largest absolute Gasteiger partial charge is 0.368 e. The van der Waals surface area contributed by atoms with Crippen molar-refractivity contribution in [2.45, 2.75) is 18.6 Å². The second kappa shape index (κ2) is 10.3. The lowest BCUT2D eigenvalue weighted by molar-refractivity contribution is 0.780. The van der Waals surface area contributed by atoms with Crippen molar-refractivity contribution < 1.29 is 0 Å². The molecule has 0 spiro atoms. The monoisotopic (exact) mass is 495 g/mol. The van der Waals surface area contributed by atoms with E-state index in [4.69, 9.17) is 12.2 Å². The van der Waals surface area contributed by atoms with Gasteiger partial charge < -0.3 is 10.6 Å². The van der Waals surface area contributed by atoms with E-state index < -0.39 is 0 Å². The SMILES string of the molecule is C=C1NC(CSc2nnc(CNC(=S)c3ccccc3C)n2-c2ccccc2)=Cc2ccccc21. The molecule has 1 aromatic heterocycles. The van der Waals surface area contributed by atoms with Gasteiger partial charge in [-0.3, -0.25) is 4.57 Å². The number of benzene rings is 3. The molecule has 0 fully saturated rings. The number of thioether (sulfide) groups is 1. The summed E-state index contributed by atoms with van der Waals surface area (Å²) < 4.78 is 2.09. The lowest BCUT2D eigenvalue weighted by Crippen LogP contribution is -2.24. The van der Waals surface area contributed by atoms with Crippen LogP contribution in [-0.4, -0.2) is 25.5 Å². The summed E-state index contributed by atoms with van der Waals surface area (Å²) >= 11 is 7.29. The highest BCUT2D eigenvalue weighted by atomic mass is 32.2. The van der Waals surface area contributed by atoms with Gasteiger partial charge >= 0.3 is 0 Å². The minimum absolute atomic E-state index is 0.473. The fraction of sp³-hybridized carbons (Fsp3) is 0.107. The quantitative estimate of drug-likeness (QED) is 0.252. The summed E-state index contributed by atoms with van der Waals surface area (Å²) in [5.41, 5.74) is 7.48. The molecule has 3 aromatic carbocycles. The molecule has 7 heteroatoms. The molecule has 35 heavy (non-hydrogen) atoms. The first-order chi connectivity index (χ1) is 17.1. The smallest absolute Gasteiger partial charge is 0.196 e. The van der Waals surface area contributed by atoms with E-state index >= 15 is 0 Å². The van der Waals surface area contributed by atoms with Crippen molar-refractivity contribution in [3.8, 4) is 5.69 Å². The molecule has 2 heterocycles. The predicted octanol–water partition coefficient (Wildman–Crippen LogP) is 5.75. The van der Waals surface area contributed by atoms with Crippen molar-refractivity contribution in [3.05, 3.63) is 119 Å². The molecule has 0 radical (unpaired) electrons. The van der Waals surface area contributed by atoms with Crippen molar-refractivity contribution in [1.29, 1.82) is 0 Å². The number of fused-ring (bicyclic) bond motifs is 1. The van der Waals surface area contributed by atoms with Crippen LogP contribution in [0.4, 0.5) is 0 Å². The Morgan fingerprint density at radius 3 is 2.57 bits per heavy atom. The first-order valence-electron chi connectivity index (χ1n) is 11.3. The lowest BCUT2D eigenvalue weighted by atomic mass is 10.0. The second-order valence-corrected chi connectivity index (χ2v) is 9.57. The molecule has 0 atom stereocenters. The first kappa shape index (κ1) is 23.1. The van der Waals surface area contributed by atoms with Crippen LogP contribution in [0.3, 0.4) is 0 Å². The Balaban J connectivity index is 1.37. The zero-order valence-corrected chi connectivity index (χ0v) is 21.0. The zero-order valence-electron chi connectivity index (χ0n) is 19.4. The van der Waals surface area contributed by atoms with Gasteiger partial charge in [-0.25, -0.2) is 0 Å². The van der Waals surface area contributed by atoms with Crippen molar-refractivity contribution >= 4 is 40.7 Å². The minimum atomic E-state index is 0.473. The van der Waals surface area contributed by atoms with Gasteiger partial charge in [-0.2, -0.15) is 0 Å². The maximum absolute atomic E-state index is 5.66. The summed E-state index contributed by atoms with van der Waals surface area (Å²) in [6, 6.07) is 26.5. The third kappa shape index (κ3) is 5.06. The Labute approximate surface area is 215 Å². The maximum atomic E-state index is 5.66. The number of rotatable bonds is 7. The standard InChI is InChI=1S/C28H25N5S2/c1-19-10-6-8-14-24(19)27(34)29-17-26-31-32-28(33(26)23-12-4-3-5-13-23)35-18-22-16-21-11-7-9-15-25(21)20(2)30-22/h3-16,30H,2,17-18H2,1H3,(H,29,34). The van der Waals surface area contributed by atoms with Gasteiger partial charge in [-0.1, -0.05) is 97.3 Å². The number of aryl methyl sites for hydroxylation is 1. The topological polar surface area (TPSA) is 54.8 Å². The van der Waals surface area contributed by atoms with Gasteiger partial charge in [0, 0.05) is 34.0 Å². The van der Waals surface area contributed by atoms with Crippen molar-refractivity contribution in [1.82, 2.24) is 25.4 Å². The molecular formula is C28H25N5S2. The van der Waals surface area contributed by atoms with Crippen molar-refractivity contribution in [2.24, 2.45) is 0 Å². The predicted molar refractivity (Wildman–Crippen MR) is 148 cm³/mol. The third-order valence-electron chi connectivity index (χ3n) is 5.80. The summed E-state index contributed by atoms with van der Waals surface area (Å²) in [6.45, 7) is 6.72. The molecule has 0 saturated carbocycles. The molecule has 0 amide bonds. The summed E-state index contributed by atoms with van der Waals surface area (Å²) in [5.74, 6) is 1.52. The molecular weight excluding hydrogens is 470 g/mol. The van der Waals surface area contributed by atoms with E-state index in [1.165, 1.54) is 5.56 Å². The number of thiocarbonyl (C=S) groups is 1. The van der Waals surface area contributed by atoms with E-state index in [1.807, 2.05) is 48.5 Å². The lowest BCUT2D eigenvalue weighted by Gasteiger charge is -2.20. The third-order valence-corrected chi connectivity index (χ3v) is 7.14. The number of nitrogens with one attached hydrogen (secondary N) is 2. The Morgan fingerprint density at radius 1 is 1.00 bits per heavy atom. The first-order valence-corrected chi connectivity index (χ1v) is 12.7. The molecule has 1 aliphatic heterocycles. The number of para-hydroxylation sites is 1. The Bertz CT molecular complexity index is 1420. The van der Waals surface area contributed by atoms with Crippen molar-refractivity contribution in [3.63, 3.8) is 0 Å². The van der Waals surface area contributed by atoms with E-state index in [0.29, 0.717) is 17.3 Å². The maximum Gasteiger partial charge on any atom is 0.196 e. The van der Waals surface area contributed by atoms with Crippen LogP contribution in [0.1, 0.15) is 28.1 Å². The Morgan fingerprint density at radius 2 is 1.74 bits per heavy atom. The van der Waals surface area contributed by atoms with E-state index in [1.54, 1.807) is 11.8 Å². The van der Waals surface area contributed by atoms with Crippen LogP contribution in [0.15, 0.2) is 96.3 Å². The number of nitrogens with zero attached hydrogens (tertiary/aromatic N) is 3. The number of hydrogen-bond acceptors (Lipinski definition) is 5. The molecule has 1 aliphatic rings. The molecule has 4 aromatic rings. The Kier molecular flexibility index (Phi) is 6.79. The van der Waals surface area contributed by atoms with E-state index in [0.717, 1.165) is 44.8 Å². The molecule has 5 nitrogen and oxygen atoms in total. The van der Waals surface area contributed by atoms with Crippen LogP contribution in [0, 0.1) is 6.92 Å². The average molecular weight is 496 g/mol. The van der Waals surface area contributed by atoms with E-state index in [2.05, 4.69) is 75.3 Å². The van der Waals surface area contributed by atoms with Gasteiger partial charge in [0.15, 0.2) is 11.0 Å². The summed E-state index contributed by atoms with van der Waals surface area (Å²) in [5, 5.41) is 16.6. The van der Waals surface area contributed by atoms with Crippen molar-refractivity contribution in [2.75, 3.05) is 5.75 Å². The molecule has 5 rings (SSSR count). The van der Waals surface area contributed by atoms with Gasteiger partial charge in [0.2, 0.25) is 0 Å². The van der Waals surface area contributed by atoms with Gasteiger partial charge in [-0.05, 0) is 36.3 Å². The number of aromatic nitrogens is 3. The van der Waals surface area contributed by atoms with Crippen LogP contribution in [0.2, 0.25) is 0 Å². The minimum Gasteiger partial charge on any atom is -0.368 e. The fourth-order valence-corrected chi connectivity index (χ4v) is 5.21. The van der Waals surface area contributed by atoms with E-state index in [9.17, 15) is 0 Å². The van der Waals surface area contributed by atoms with Crippen LogP contribution >= 0.6 is 24.0 Å². The zero-order chi connectivity index (χ0) is 24.2. The molecule has 0 saturated heterocycles. The van der Waals surface area contributed by atoms with Crippen LogP contribution in [0.25, 0.3) is 17.5 Å². The highest BCUT2D eigenvalue weighted by Gasteiger charge is 2.18. The summed E-state index contributed by atoms with van der Waals surface area (Å²) in [6.07, 6.45) is 2.17. The van der Waals surface area contributed by atoms with Crippen LogP contribution < -0.4 is 10.6 Å². The molecule has 0 aliphatic carbocycles. The molecule has 174 valence electrons. The van der Waals surface area contributed by atoms with Gasteiger partial charge in [0.05, 0.1) is 6.54 Å². The second-order valence-electron chi connectivity index (χ2n) is 8.22. The number of hydrogen-bond donors (Lipinski definition) is 2. The molecule has 2 N–H and O–H groups in total.